The largest absolute Gasteiger partial charge is 0.418 e. The lowest BCUT2D eigenvalue weighted by Crippen LogP contribution is -2.32. The van der Waals surface area contributed by atoms with Crippen molar-refractivity contribution in [3.05, 3.63) is 58.4 Å². The van der Waals surface area contributed by atoms with Gasteiger partial charge < -0.3 is 5.32 Å². The Balaban J connectivity index is 2.41. The highest BCUT2D eigenvalue weighted by Crippen LogP contribution is 2.36. The van der Waals surface area contributed by atoms with Gasteiger partial charge in [-0.15, -0.1) is 0 Å². The molecular weight excluding hydrogens is 436 g/mol. The molecule has 29 heavy (non-hydrogen) atoms. The molecule has 1 unspecified atom stereocenters. The topological polar surface area (TPSA) is 75.3 Å². The van der Waals surface area contributed by atoms with Gasteiger partial charge in [0.1, 0.15) is 5.82 Å². The maximum absolute atomic E-state index is 14.1. The maximum Gasteiger partial charge on any atom is 0.418 e. The molecule has 0 heterocycles. The van der Waals surface area contributed by atoms with Crippen LogP contribution in [0.2, 0.25) is 5.02 Å². The van der Waals surface area contributed by atoms with Crippen molar-refractivity contribution < 1.29 is 30.8 Å². The third-order valence-corrected chi connectivity index (χ3v) is 5.82. The summed E-state index contributed by atoms with van der Waals surface area (Å²) in [5.74, 6) is -2.33. The van der Waals surface area contributed by atoms with E-state index in [4.69, 9.17) is 11.6 Å². The van der Waals surface area contributed by atoms with Gasteiger partial charge in [0.25, 0.3) is 5.91 Å². The van der Waals surface area contributed by atoms with E-state index in [2.05, 4.69) is 4.72 Å². The molecule has 0 aliphatic heterocycles. The molecule has 0 fully saturated rings. The van der Waals surface area contributed by atoms with Crippen molar-refractivity contribution in [2.45, 2.75) is 37.4 Å². The van der Waals surface area contributed by atoms with Gasteiger partial charge in [-0.3, -0.25) is 4.79 Å². The number of hydrogen-bond acceptors (Lipinski definition) is 3. The Morgan fingerprint density at radius 2 is 1.83 bits per heavy atom. The third kappa shape index (κ3) is 5.68. The second-order valence-corrected chi connectivity index (χ2v) is 8.36. The van der Waals surface area contributed by atoms with E-state index in [1.807, 2.05) is 5.32 Å². The Morgan fingerprint density at radius 3 is 2.41 bits per heavy atom. The minimum atomic E-state index is -4.82. The average Bonchev–Trinajstić information content (AvgIpc) is 2.61. The lowest BCUT2D eigenvalue weighted by molar-refractivity contribution is -0.136. The van der Waals surface area contributed by atoms with Gasteiger partial charge in [0.05, 0.1) is 21.7 Å². The van der Waals surface area contributed by atoms with Crippen molar-refractivity contribution in [3.63, 3.8) is 0 Å². The number of benzene rings is 2. The fourth-order valence-electron chi connectivity index (χ4n) is 2.31. The summed E-state index contributed by atoms with van der Waals surface area (Å²) in [4.78, 5) is 12.0. The first-order chi connectivity index (χ1) is 13.3. The van der Waals surface area contributed by atoms with Crippen molar-refractivity contribution in [3.8, 4) is 0 Å². The number of sulfonamides is 1. The van der Waals surface area contributed by atoms with E-state index in [1.54, 1.807) is 13.8 Å². The van der Waals surface area contributed by atoms with Gasteiger partial charge in [0, 0.05) is 11.1 Å². The van der Waals surface area contributed by atoms with Crippen LogP contribution in [0.25, 0.3) is 0 Å². The van der Waals surface area contributed by atoms with Crippen molar-refractivity contribution in [1.82, 2.24) is 4.72 Å². The van der Waals surface area contributed by atoms with E-state index < -0.39 is 55.7 Å². The number of rotatable bonds is 6. The molecule has 2 rings (SSSR count). The summed E-state index contributed by atoms with van der Waals surface area (Å²) in [6, 6.07) is 4.73. The Morgan fingerprint density at radius 1 is 1.17 bits per heavy atom. The monoisotopic (exact) mass is 452 g/mol. The van der Waals surface area contributed by atoms with E-state index in [0.29, 0.717) is 12.5 Å². The van der Waals surface area contributed by atoms with Crippen LogP contribution >= 0.6 is 11.6 Å². The van der Waals surface area contributed by atoms with Crippen molar-refractivity contribution in [1.29, 1.82) is 0 Å². The average molecular weight is 453 g/mol. The van der Waals surface area contributed by atoms with Crippen LogP contribution in [0, 0.1) is 5.82 Å². The lowest BCUT2D eigenvalue weighted by Gasteiger charge is -2.15. The Kier molecular flexibility index (Phi) is 6.92. The highest BCUT2D eigenvalue weighted by Gasteiger charge is 2.34. The summed E-state index contributed by atoms with van der Waals surface area (Å²) in [7, 11) is -4.05. The molecule has 1 amide bonds. The number of carbonyl (C=O) groups excluding carboxylic acids is 1. The third-order valence-electron chi connectivity index (χ3n) is 4.00. The number of carbonyl (C=O) groups is 1. The first kappa shape index (κ1) is 23.1. The summed E-state index contributed by atoms with van der Waals surface area (Å²) in [6.45, 7) is 3.37. The minimum absolute atomic E-state index is 0.203. The van der Waals surface area contributed by atoms with E-state index in [1.165, 1.54) is 0 Å². The number of nitrogens with one attached hydrogen (secondary N) is 2. The number of alkyl halides is 3. The molecule has 0 spiro atoms. The van der Waals surface area contributed by atoms with Crippen LogP contribution in [0.1, 0.15) is 36.2 Å². The normalized spacial score (nSPS) is 13.2. The van der Waals surface area contributed by atoms with Crippen molar-refractivity contribution in [2.24, 2.45) is 0 Å². The lowest BCUT2D eigenvalue weighted by atomic mass is 10.1. The van der Waals surface area contributed by atoms with Crippen molar-refractivity contribution in [2.75, 3.05) is 5.32 Å². The van der Waals surface area contributed by atoms with Crippen LogP contribution in [-0.2, 0) is 16.2 Å². The van der Waals surface area contributed by atoms with Gasteiger partial charge in [-0.05, 0) is 49.7 Å². The van der Waals surface area contributed by atoms with Gasteiger partial charge in [-0.2, -0.15) is 13.2 Å². The summed E-state index contributed by atoms with van der Waals surface area (Å²) < 4.78 is 80.6. The highest BCUT2D eigenvalue weighted by atomic mass is 35.5. The molecule has 1 atom stereocenters. The van der Waals surface area contributed by atoms with Crippen LogP contribution in [-0.4, -0.2) is 20.4 Å². The van der Waals surface area contributed by atoms with E-state index in [9.17, 15) is 30.8 Å². The second-order valence-electron chi connectivity index (χ2n) is 6.21. The zero-order chi connectivity index (χ0) is 22.0. The second kappa shape index (κ2) is 8.68. The Labute approximate surface area is 170 Å². The molecular formula is C18H17ClF4N2O3S. The molecule has 0 saturated carbocycles. The smallest absolute Gasteiger partial charge is 0.321 e. The SMILES string of the molecule is CCC(C)NS(=O)(=O)c1ccc(F)c(C(=O)Nc2ccc(Cl)cc2C(F)(F)F)c1. The zero-order valence-corrected chi connectivity index (χ0v) is 16.8. The predicted molar refractivity (Wildman–Crippen MR) is 101 cm³/mol. The molecule has 11 heteroatoms. The van der Waals surface area contributed by atoms with Crippen LogP contribution in [0.4, 0.5) is 23.2 Å². The highest BCUT2D eigenvalue weighted by molar-refractivity contribution is 7.89. The van der Waals surface area contributed by atoms with Crippen LogP contribution in [0.3, 0.4) is 0 Å². The zero-order valence-electron chi connectivity index (χ0n) is 15.3. The summed E-state index contributed by atoms with van der Waals surface area (Å²) in [5, 5.41) is 1.76. The molecule has 0 aliphatic rings. The molecule has 0 radical (unpaired) electrons. The standard InChI is InChI=1S/C18H17ClF4N2O3S/c1-3-10(2)25-29(27,28)12-5-6-15(20)13(9-12)17(26)24-16-7-4-11(19)8-14(16)18(21,22)23/h4-10,25H,3H2,1-2H3,(H,24,26). The van der Waals surface area contributed by atoms with Gasteiger partial charge in [0.2, 0.25) is 10.0 Å². The molecule has 5 nitrogen and oxygen atoms in total. The Bertz CT molecular complexity index is 1030. The molecule has 0 aromatic heterocycles. The number of amides is 1. The van der Waals surface area contributed by atoms with Crippen molar-refractivity contribution >= 4 is 33.2 Å². The fourth-order valence-corrected chi connectivity index (χ4v) is 3.84. The van der Waals surface area contributed by atoms with Crippen LogP contribution < -0.4 is 10.0 Å². The summed E-state index contributed by atoms with van der Waals surface area (Å²) in [6.07, 6.45) is -4.33. The molecule has 2 aromatic carbocycles. The molecule has 2 aromatic rings. The quantitative estimate of drug-likeness (QED) is 0.616. The Hall–Kier alpha value is -2.17. The molecule has 0 saturated heterocycles. The molecule has 2 N–H and O–H groups in total. The van der Waals surface area contributed by atoms with Gasteiger partial charge in [0.15, 0.2) is 0 Å². The molecule has 0 bridgehead atoms. The van der Waals surface area contributed by atoms with E-state index >= 15 is 0 Å². The van der Waals surface area contributed by atoms with Gasteiger partial charge in [-0.25, -0.2) is 17.5 Å². The predicted octanol–water partition coefficient (Wildman–Crippen LogP) is 4.83. The summed E-state index contributed by atoms with van der Waals surface area (Å²) in [5.41, 5.74) is -2.58. The first-order valence-corrected chi connectivity index (χ1v) is 10.2. The number of halogens is 5. The first-order valence-electron chi connectivity index (χ1n) is 8.35. The molecule has 158 valence electrons. The summed E-state index contributed by atoms with van der Waals surface area (Å²) >= 11 is 5.58. The van der Waals surface area contributed by atoms with Crippen LogP contribution in [0.15, 0.2) is 41.3 Å². The van der Waals surface area contributed by atoms with Gasteiger partial charge in [-0.1, -0.05) is 18.5 Å². The molecule has 0 aliphatic carbocycles. The number of anilines is 1. The van der Waals surface area contributed by atoms with E-state index in [-0.39, 0.29) is 5.02 Å². The minimum Gasteiger partial charge on any atom is -0.321 e. The van der Waals surface area contributed by atoms with Gasteiger partial charge >= 0.3 is 6.18 Å². The number of hydrogen-bond donors (Lipinski definition) is 2. The van der Waals surface area contributed by atoms with Crippen LogP contribution in [0.5, 0.6) is 0 Å². The fraction of sp³-hybridized carbons (Fsp3) is 0.278. The maximum atomic E-state index is 14.1. The van der Waals surface area contributed by atoms with E-state index in [0.717, 1.165) is 30.3 Å².